The predicted molar refractivity (Wildman–Crippen MR) is 104 cm³/mol. The zero-order valence-corrected chi connectivity index (χ0v) is 15.1. The number of fused-ring (bicyclic) bond motifs is 1. The molecule has 1 saturated heterocycles. The molecule has 3 aromatic rings. The molecule has 134 valence electrons. The summed E-state index contributed by atoms with van der Waals surface area (Å²) in [5.41, 5.74) is 3.76. The molecule has 0 bridgehead atoms. The van der Waals surface area contributed by atoms with Crippen LogP contribution in [0.15, 0.2) is 54.7 Å². The molecule has 4 rings (SSSR count). The Bertz CT molecular complexity index is 923. The molecule has 2 heterocycles. The predicted octanol–water partition coefficient (Wildman–Crippen LogP) is 3.51. The van der Waals surface area contributed by atoms with E-state index in [9.17, 15) is 4.79 Å². The SMILES string of the molecule is Cc1cccc(C(=O)c2cn(CCN3CCOCC3)c3ccccc23)c1. The van der Waals surface area contributed by atoms with Gasteiger partial charge in [-0.25, -0.2) is 0 Å². The van der Waals surface area contributed by atoms with Crippen molar-refractivity contribution < 1.29 is 9.53 Å². The number of ether oxygens (including phenoxy) is 1. The molecule has 0 aliphatic carbocycles. The number of morpholine rings is 1. The smallest absolute Gasteiger partial charge is 0.195 e. The van der Waals surface area contributed by atoms with E-state index in [1.165, 1.54) is 0 Å². The van der Waals surface area contributed by atoms with Crippen LogP contribution in [0.3, 0.4) is 0 Å². The van der Waals surface area contributed by atoms with Crippen molar-refractivity contribution in [2.24, 2.45) is 0 Å². The molecule has 4 nitrogen and oxygen atoms in total. The van der Waals surface area contributed by atoms with Crippen LogP contribution in [0, 0.1) is 6.92 Å². The number of hydrogen-bond acceptors (Lipinski definition) is 3. The maximum Gasteiger partial charge on any atom is 0.195 e. The number of nitrogens with zero attached hydrogens (tertiary/aromatic N) is 2. The lowest BCUT2D eigenvalue weighted by Gasteiger charge is -2.26. The Morgan fingerprint density at radius 3 is 2.65 bits per heavy atom. The number of carbonyl (C=O) groups is 1. The van der Waals surface area contributed by atoms with Gasteiger partial charge in [0.2, 0.25) is 0 Å². The number of ketones is 1. The van der Waals surface area contributed by atoms with Crippen molar-refractivity contribution in [2.75, 3.05) is 32.8 Å². The fourth-order valence-electron chi connectivity index (χ4n) is 3.63. The lowest BCUT2D eigenvalue weighted by molar-refractivity contribution is 0.0365. The van der Waals surface area contributed by atoms with Crippen molar-refractivity contribution in [2.45, 2.75) is 13.5 Å². The van der Waals surface area contributed by atoms with Crippen LogP contribution in [-0.4, -0.2) is 48.1 Å². The highest BCUT2D eigenvalue weighted by atomic mass is 16.5. The Hall–Kier alpha value is -2.43. The minimum absolute atomic E-state index is 0.0926. The summed E-state index contributed by atoms with van der Waals surface area (Å²) < 4.78 is 7.64. The Morgan fingerprint density at radius 2 is 1.85 bits per heavy atom. The van der Waals surface area contributed by atoms with Gasteiger partial charge in [-0.15, -0.1) is 0 Å². The maximum absolute atomic E-state index is 13.1. The topological polar surface area (TPSA) is 34.5 Å². The molecule has 1 aliphatic rings. The molecular formula is C22H24N2O2. The van der Waals surface area contributed by atoms with Gasteiger partial charge in [-0.3, -0.25) is 9.69 Å². The standard InChI is InChI=1S/C22H24N2O2/c1-17-5-4-6-18(15-17)22(25)20-16-24(21-8-3-2-7-19(20)21)10-9-23-11-13-26-14-12-23/h2-8,15-16H,9-14H2,1H3. The van der Waals surface area contributed by atoms with E-state index < -0.39 is 0 Å². The summed E-state index contributed by atoms with van der Waals surface area (Å²) in [5.74, 6) is 0.0926. The molecule has 0 unspecified atom stereocenters. The zero-order valence-electron chi connectivity index (χ0n) is 15.1. The van der Waals surface area contributed by atoms with Crippen LogP contribution in [0.2, 0.25) is 0 Å². The normalized spacial score (nSPS) is 15.4. The van der Waals surface area contributed by atoms with Crippen LogP contribution < -0.4 is 0 Å². The second kappa shape index (κ2) is 7.44. The van der Waals surface area contributed by atoms with E-state index >= 15 is 0 Å². The summed E-state index contributed by atoms with van der Waals surface area (Å²) in [4.78, 5) is 15.5. The summed E-state index contributed by atoms with van der Waals surface area (Å²) in [6.45, 7) is 7.44. The quantitative estimate of drug-likeness (QED) is 0.662. The van der Waals surface area contributed by atoms with Gasteiger partial charge in [-0.05, 0) is 19.1 Å². The molecule has 0 spiro atoms. The number of benzene rings is 2. The van der Waals surface area contributed by atoms with E-state index in [0.29, 0.717) is 0 Å². The van der Waals surface area contributed by atoms with Crippen molar-refractivity contribution in [1.82, 2.24) is 9.47 Å². The fraction of sp³-hybridized carbons (Fsp3) is 0.318. The second-order valence-electron chi connectivity index (χ2n) is 6.91. The summed E-state index contributed by atoms with van der Waals surface area (Å²) in [6.07, 6.45) is 2.02. The molecule has 0 radical (unpaired) electrons. The first-order valence-electron chi connectivity index (χ1n) is 9.22. The molecular weight excluding hydrogens is 324 g/mol. The number of rotatable bonds is 5. The molecule has 0 amide bonds. The lowest BCUT2D eigenvalue weighted by atomic mass is 10.0. The van der Waals surface area contributed by atoms with E-state index in [-0.39, 0.29) is 5.78 Å². The van der Waals surface area contributed by atoms with Gasteiger partial charge in [-0.1, -0.05) is 42.0 Å². The van der Waals surface area contributed by atoms with Crippen LogP contribution in [0.5, 0.6) is 0 Å². The number of carbonyl (C=O) groups excluding carboxylic acids is 1. The molecule has 1 aliphatic heterocycles. The summed E-state index contributed by atoms with van der Waals surface area (Å²) >= 11 is 0. The van der Waals surface area contributed by atoms with Crippen LogP contribution >= 0.6 is 0 Å². The van der Waals surface area contributed by atoms with E-state index in [0.717, 1.165) is 67.0 Å². The van der Waals surface area contributed by atoms with Crippen LogP contribution in [0.4, 0.5) is 0 Å². The largest absolute Gasteiger partial charge is 0.379 e. The third-order valence-corrected chi connectivity index (χ3v) is 5.07. The molecule has 1 fully saturated rings. The average Bonchev–Trinajstić information content (AvgIpc) is 3.05. The molecule has 1 aromatic heterocycles. The summed E-state index contributed by atoms with van der Waals surface area (Å²) in [7, 11) is 0. The number of aryl methyl sites for hydroxylation is 1. The second-order valence-corrected chi connectivity index (χ2v) is 6.91. The lowest BCUT2D eigenvalue weighted by Crippen LogP contribution is -2.38. The highest BCUT2D eigenvalue weighted by Gasteiger charge is 2.17. The molecule has 0 N–H and O–H groups in total. The van der Waals surface area contributed by atoms with E-state index in [1.807, 2.05) is 55.6 Å². The van der Waals surface area contributed by atoms with Gasteiger partial charge in [0.25, 0.3) is 0 Å². The van der Waals surface area contributed by atoms with Crippen molar-refractivity contribution in [1.29, 1.82) is 0 Å². The van der Waals surface area contributed by atoms with Gasteiger partial charge in [0.05, 0.1) is 13.2 Å². The Balaban J connectivity index is 1.64. The van der Waals surface area contributed by atoms with Gasteiger partial charge in [0.15, 0.2) is 5.78 Å². The monoisotopic (exact) mass is 348 g/mol. The van der Waals surface area contributed by atoms with Crippen LogP contribution in [-0.2, 0) is 11.3 Å². The highest BCUT2D eigenvalue weighted by Crippen LogP contribution is 2.24. The van der Waals surface area contributed by atoms with Crippen molar-refractivity contribution >= 4 is 16.7 Å². The number of para-hydroxylation sites is 1. The maximum atomic E-state index is 13.1. The third kappa shape index (κ3) is 3.43. The first kappa shape index (κ1) is 17.0. The van der Waals surface area contributed by atoms with E-state index in [2.05, 4.69) is 15.5 Å². The fourth-order valence-corrected chi connectivity index (χ4v) is 3.63. The minimum Gasteiger partial charge on any atom is -0.379 e. The van der Waals surface area contributed by atoms with Gasteiger partial charge >= 0.3 is 0 Å². The first-order chi connectivity index (χ1) is 12.7. The van der Waals surface area contributed by atoms with Gasteiger partial charge in [0.1, 0.15) is 0 Å². The number of aromatic nitrogens is 1. The summed E-state index contributed by atoms with van der Waals surface area (Å²) in [5, 5.41) is 1.03. The van der Waals surface area contributed by atoms with Crippen molar-refractivity contribution in [3.8, 4) is 0 Å². The average molecular weight is 348 g/mol. The third-order valence-electron chi connectivity index (χ3n) is 5.07. The Kier molecular flexibility index (Phi) is 4.87. The molecule has 0 atom stereocenters. The minimum atomic E-state index is 0.0926. The molecule has 4 heteroatoms. The highest BCUT2D eigenvalue weighted by molar-refractivity contribution is 6.16. The van der Waals surface area contributed by atoms with Gasteiger partial charge < -0.3 is 9.30 Å². The van der Waals surface area contributed by atoms with Gasteiger partial charge in [0, 0.05) is 54.4 Å². The number of hydrogen-bond donors (Lipinski definition) is 0. The summed E-state index contributed by atoms with van der Waals surface area (Å²) in [6, 6.07) is 16.0. The zero-order chi connectivity index (χ0) is 17.9. The first-order valence-corrected chi connectivity index (χ1v) is 9.22. The molecule has 26 heavy (non-hydrogen) atoms. The Labute approximate surface area is 154 Å². The van der Waals surface area contributed by atoms with Crippen molar-refractivity contribution in [3.05, 3.63) is 71.4 Å². The van der Waals surface area contributed by atoms with E-state index in [1.54, 1.807) is 0 Å². The Morgan fingerprint density at radius 1 is 1.04 bits per heavy atom. The molecule has 0 saturated carbocycles. The molecule has 2 aromatic carbocycles. The van der Waals surface area contributed by atoms with Crippen LogP contribution in [0.1, 0.15) is 21.5 Å². The van der Waals surface area contributed by atoms with Crippen molar-refractivity contribution in [3.63, 3.8) is 0 Å². The van der Waals surface area contributed by atoms with Gasteiger partial charge in [-0.2, -0.15) is 0 Å². The van der Waals surface area contributed by atoms with E-state index in [4.69, 9.17) is 4.74 Å². The van der Waals surface area contributed by atoms with Crippen LogP contribution in [0.25, 0.3) is 10.9 Å².